The molecule has 29 heavy (non-hydrogen) atoms. The Labute approximate surface area is 171 Å². The minimum Gasteiger partial charge on any atom is -0.454 e. The lowest BCUT2D eigenvalue weighted by atomic mass is 9.95. The van der Waals surface area contributed by atoms with E-state index in [-0.39, 0.29) is 17.5 Å². The summed E-state index contributed by atoms with van der Waals surface area (Å²) in [7, 11) is 0. The van der Waals surface area contributed by atoms with E-state index >= 15 is 0 Å². The van der Waals surface area contributed by atoms with E-state index in [0.29, 0.717) is 6.79 Å². The minimum absolute atomic E-state index is 0.208. The van der Waals surface area contributed by atoms with E-state index in [9.17, 15) is 10.1 Å². The Morgan fingerprint density at radius 3 is 2.66 bits per heavy atom. The van der Waals surface area contributed by atoms with E-state index in [4.69, 9.17) is 9.47 Å². The lowest BCUT2D eigenvalue weighted by molar-refractivity contribution is -0.118. The van der Waals surface area contributed by atoms with E-state index in [1.807, 2.05) is 12.1 Å². The van der Waals surface area contributed by atoms with Gasteiger partial charge in [0.1, 0.15) is 11.6 Å². The highest BCUT2D eigenvalue weighted by atomic mass is 16.7. The predicted molar refractivity (Wildman–Crippen MR) is 108 cm³/mol. The second-order valence-electron chi connectivity index (χ2n) is 7.96. The van der Waals surface area contributed by atoms with Crippen molar-refractivity contribution in [1.29, 1.82) is 5.26 Å². The number of carbonyl (C=O) groups excluding carboxylic acids is 1. The molecule has 2 fully saturated rings. The van der Waals surface area contributed by atoms with Crippen molar-refractivity contribution in [3.63, 3.8) is 0 Å². The molecule has 154 valence electrons. The van der Waals surface area contributed by atoms with Gasteiger partial charge in [0.25, 0.3) is 5.91 Å². The Kier molecular flexibility index (Phi) is 6.20. The number of ether oxygens (including phenoxy) is 2. The van der Waals surface area contributed by atoms with Crippen LogP contribution in [0.2, 0.25) is 0 Å². The molecule has 7 heteroatoms. The van der Waals surface area contributed by atoms with Gasteiger partial charge in [-0.05, 0) is 30.5 Å². The van der Waals surface area contributed by atoms with Crippen LogP contribution < -0.4 is 14.8 Å². The van der Waals surface area contributed by atoms with Crippen molar-refractivity contribution >= 4 is 5.91 Å². The number of carbonyl (C=O) groups is 1. The fourth-order valence-corrected chi connectivity index (χ4v) is 4.18. The second-order valence-corrected chi connectivity index (χ2v) is 7.96. The summed E-state index contributed by atoms with van der Waals surface area (Å²) < 4.78 is 10.8. The first kappa shape index (κ1) is 19.6. The van der Waals surface area contributed by atoms with Crippen LogP contribution >= 0.6 is 0 Å². The summed E-state index contributed by atoms with van der Waals surface area (Å²) in [6.07, 6.45) is 7.32. The smallest absolute Gasteiger partial charge is 0.263 e. The van der Waals surface area contributed by atoms with E-state index in [2.05, 4.69) is 27.3 Å². The fraction of sp³-hybridized carbons (Fsp3) is 0.545. The first-order valence-corrected chi connectivity index (χ1v) is 10.5. The van der Waals surface area contributed by atoms with Crippen molar-refractivity contribution in [1.82, 2.24) is 15.1 Å². The monoisotopic (exact) mass is 396 g/mol. The average Bonchev–Trinajstić information content (AvgIpc) is 3.22. The summed E-state index contributed by atoms with van der Waals surface area (Å²) in [6.45, 7) is 4.50. The Morgan fingerprint density at radius 1 is 1.14 bits per heavy atom. The number of piperazine rings is 1. The third-order valence-electron chi connectivity index (χ3n) is 5.87. The number of rotatable bonds is 5. The number of hydrogen-bond donors (Lipinski definition) is 1. The van der Waals surface area contributed by atoms with Gasteiger partial charge in [0, 0.05) is 45.0 Å². The maximum absolute atomic E-state index is 12.5. The zero-order valence-electron chi connectivity index (χ0n) is 16.7. The number of benzene rings is 1. The normalized spacial score (nSPS) is 20.4. The van der Waals surface area contributed by atoms with E-state index in [0.717, 1.165) is 69.9 Å². The van der Waals surface area contributed by atoms with Crippen molar-refractivity contribution in [3.05, 3.63) is 35.5 Å². The molecule has 0 spiro atoms. The molecule has 7 nitrogen and oxygen atoms in total. The van der Waals surface area contributed by atoms with Crippen LogP contribution in [0, 0.1) is 11.3 Å². The van der Waals surface area contributed by atoms with Gasteiger partial charge in [-0.1, -0.05) is 25.3 Å². The van der Waals surface area contributed by atoms with Gasteiger partial charge in [-0.2, -0.15) is 5.26 Å². The second kappa shape index (κ2) is 9.19. The molecular weight excluding hydrogens is 368 g/mol. The summed E-state index contributed by atoms with van der Waals surface area (Å²) in [5, 5.41) is 12.5. The van der Waals surface area contributed by atoms with Crippen LogP contribution in [0.15, 0.2) is 30.0 Å². The van der Waals surface area contributed by atoms with Gasteiger partial charge in [0.15, 0.2) is 11.5 Å². The lowest BCUT2D eigenvalue weighted by Crippen LogP contribution is -2.44. The van der Waals surface area contributed by atoms with Crippen LogP contribution in [0.25, 0.3) is 0 Å². The molecule has 3 aliphatic rings. The van der Waals surface area contributed by atoms with Crippen LogP contribution in [-0.2, 0) is 11.3 Å². The van der Waals surface area contributed by atoms with E-state index in [1.165, 1.54) is 12.0 Å². The zero-order valence-corrected chi connectivity index (χ0v) is 16.7. The molecule has 1 aliphatic carbocycles. The maximum atomic E-state index is 12.5. The summed E-state index contributed by atoms with van der Waals surface area (Å²) in [6, 6.07) is 8.37. The van der Waals surface area contributed by atoms with Gasteiger partial charge >= 0.3 is 0 Å². The maximum Gasteiger partial charge on any atom is 0.263 e. The largest absolute Gasteiger partial charge is 0.454 e. The predicted octanol–water partition coefficient (Wildman–Crippen LogP) is 2.39. The highest BCUT2D eigenvalue weighted by Gasteiger charge is 2.21. The van der Waals surface area contributed by atoms with Crippen molar-refractivity contribution in [3.8, 4) is 17.6 Å². The third-order valence-corrected chi connectivity index (χ3v) is 5.87. The van der Waals surface area contributed by atoms with Gasteiger partial charge in [-0.25, -0.2) is 0 Å². The fourth-order valence-electron chi connectivity index (χ4n) is 4.18. The molecule has 2 aliphatic heterocycles. The minimum atomic E-state index is -0.234. The van der Waals surface area contributed by atoms with Crippen LogP contribution in [0.3, 0.4) is 0 Å². The third kappa shape index (κ3) is 5.01. The first-order chi connectivity index (χ1) is 14.2. The highest BCUT2D eigenvalue weighted by Crippen LogP contribution is 2.32. The number of hydrogen-bond acceptors (Lipinski definition) is 6. The van der Waals surface area contributed by atoms with Gasteiger partial charge in [0.05, 0.1) is 0 Å². The van der Waals surface area contributed by atoms with Crippen molar-refractivity contribution in [2.75, 3.05) is 33.0 Å². The van der Waals surface area contributed by atoms with Gasteiger partial charge < -0.3 is 19.7 Å². The first-order valence-electron chi connectivity index (χ1n) is 10.5. The van der Waals surface area contributed by atoms with Crippen molar-refractivity contribution < 1.29 is 14.3 Å². The van der Waals surface area contributed by atoms with E-state index in [1.54, 1.807) is 6.20 Å². The molecular formula is C22H28N4O3. The van der Waals surface area contributed by atoms with Crippen molar-refractivity contribution in [2.24, 2.45) is 0 Å². The highest BCUT2D eigenvalue weighted by molar-refractivity contribution is 5.97. The molecule has 0 aromatic heterocycles. The Morgan fingerprint density at radius 2 is 1.90 bits per heavy atom. The number of nitriles is 1. The molecule has 1 aromatic carbocycles. The Bertz CT molecular complexity index is 803. The molecule has 1 aromatic rings. The quantitative estimate of drug-likeness (QED) is 0.608. The molecule has 1 saturated carbocycles. The number of amides is 1. The molecule has 2 heterocycles. The number of nitrogens with zero attached hydrogens (tertiary/aromatic N) is 3. The number of fused-ring (bicyclic) bond motifs is 1. The summed E-state index contributed by atoms with van der Waals surface area (Å²) in [4.78, 5) is 16.9. The summed E-state index contributed by atoms with van der Waals surface area (Å²) >= 11 is 0. The van der Waals surface area contributed by atoms with Gasteiger partial charge in [-0.15, -0.1) is 0 Å². The Balaban J connectivity index is 1.27. The molecule has 1 amide bonds. The molecule has 1 saturated heterocycles. The lowest BCUT2D eigenvalue weighted by Gasteiger charge is -2.34. The van der Waals surface area contributed by atoms with Crippen LogP contribution in [0.1, 0.15) is 37.7 Å². The molecule has 0 atom stereocenters. The van der Waals surface area contributed by atoms with Gasteiger partial charge in [-0.3, -0.25) is 9.69 Å². The SMILES string of the molecule is N#CC(=CN1CCN(Cc2ccc3c(c2)OCO3)CC1)C(=O)NC1CCCCC1. The Hall–Kier alpha value is -2.72. The topological polar surface area (TPSA) is 77.8 Å². The van der Waals surface area contributed by atoms with E-state index < -0.39 is 0 Å². The van der Waals surface area contributed by atoms with Crippen LogP contribution in [-0.4, -0.2) is 54.7 Å². The molecule has 1 N–H and O–H groups in total. The molecule has 0 unspecified atom stereocenters. The van der Waals surface area contributed by atoms with Gasteiger partial charge in [0.2, 0.25) is 6.79 Å². The zero-order chi connectivity index (χ0) is 20.1. The number of nitrogens with one attached hydrogen (secondary N) is 1. The van der Waals surface area contributed by atoms with Crippen molar-refractivity contribution in [2.45, 2.75) is 44.7 Å². The van der Waals surface area contributed by atoms with Crippen LogP contribution in [0.4, 0.5) is 0 Å². The molecule has 0 radical (unpaired) electrons. The average molecular weight is 396 g/mol. The molecule has 0 bridgehead atoms. The van der Waals surface area contributed by atoms with Crippen LogP contribution in [0.5, 0.6) is 11.5 Å². The standard InChI is InChI=1S/C22H28N4O3/c23-13-18(22(27)24-19-4-2-1-3-5-19)15-26-10-8-25(9-11-26)14-17-6-7-20-21(12-17)29-16-28-20/h6-7,12,15,19H,1-5,8-11,14,16H2,(H,24,27). The summed E-state index contributed by atoms with van der Waals surface area (Å²) in [5.41, 5.74) is 1.41. The molecule has 4 rings (SSSR count). The summed E-state index contributed by atoms with van der Waals surface area (Å²) in [5.74, 6) is 1.38.